The third-order valence-electron chi connectivity index (χ3n) is 11.2. The molecule has 5 aliphatic rings. The summed E-state index contributed by atoms with van der Waals surface area (Å²) in [5.41, 5.74) is 7.02. The molecule has 0 bridgehead atoms. The maximum atomic E-state index is 12.4. The van der Waals surface area contributed by atoms with Gasteiger partial charge < -0.3 is 35.3 Å². The summed E-state index contributed by atoms with van der Waals surface area (Å²) in [6, 6.07) is -0.618. The number of allylic oxidation sites excluding steroid dienone is 3. The topological polar surface area (TPSA) is 131 Å². The molecule has 1 saturated heterocycles. The highest BCUT2D eigenvalue weighted by molar-refractivity contribution is 5.82. The maximum absolute atomic E-state index is 12.4. The van der Waals surface area contributed by atoms with Gasteiger partial charge in [0.2, 0.25) is 0 Å². The first-order valence-electron chi connectivity index (χ1n) is 14.2. The molecule has 0 aromatic heterocycles. The fraction of sp³-hybridized carbons (Fsp3) is 0.767. The van der Waals surface area contributed by atoms with Crippen LogP contribution in [-0.2, 0) is 19.0 Å². The molecule has 212 valence electrons. The van der Waals surface area contributed by atoms with Crippen molar-refractivity contribution in [2.45, 2.75) is 101 Å². The molecule has 1 heterocycles. The Balaban J connectivity index is 1.32. The van der Waals surface area contributed by atoms with Crippen molar-refractivity contribution in [1.82, 2.24) is 0 Å². The number of hydrogen-bond donors (Lipinski definition) is 4. The second-order valence-corrected chi connectivity index (χ2v) is 12.8. The highest BCUT2D eigenvalue weighted by Crippen LogP contribution is 2.69. The maximum Gasteiger partial charge on any atom is 0.330 e. The molecule has 3 saturated carbocycles. The smallest absolute Gasteiger partial charge is 0.330 e. The second kappa shape index (κ2) is 10.1. The summed E-state index contributed by atoms with van der Waals surface area (Å²) in [6.07, 6.45) is 9.27. The van der Waals surface area contributed by atoms with E-state index in [1.807, 2.05) is 0 Å². The second-order valence-electron chi connectivity index (χ2n) is 12.8. The van der Waals surface area contributed by atoms with E-state index in [0.717, 1.165) is 56.9 Å². The van der Waals surface area contributed by atoms with E-state index in [4.69, 9.17) is 19.9 Å². The van der Waals surface area contributed by atoms with Gasteiger partial charge in [-0.15, -0.1) is 0 Å². The molecule has 0 radical (unpaired) electrons. The standard InChI is InChI=1S/C30H45NO7/c1-17(5-8-24(32)36-4)20-11-14-30(35)22-7-6-18-15-19(38-27-26(34)25(33)23(31)16-37-27)9-12-28(18,2)21(22)10-13-29(20,30)3/h5,8,15,19-23,25-27,33-35H,1,6-7,9-14,16,31H2,2-4H3. The SMILES string of the molecule is C=C(C=CC(=O)OC)C1CCC2(O)C3CCC4=CC(OC5OCC(N)C(O)C5O)CCC4(C)C3CCC12C. The van der Waals surface area contributed by atoms with Gasteiger partial charge in [-0.1, -0.05) is 43.7 Å². The Kier molecular flexibility index (Phi) is 7.46. The molecule has 1 aliphatic heterocycles. The number of aliphatic hydroxyl groups excluding tert-OH is 2. The normalized spacial score (nSPS) is 48.6. The molecular formula is C30H45NO7. The van der Waals surface area contributed by atoms with Crippen molar-refractivity contribution in [3.63, 3.8) is 0 Å². The van der Waals surface area contributed by atoms with Gasteiger partial charge >= 0.3 is 5.97 Å². The van der Waals surface area contributed by atoms with Crippen molar-refractivity contribution in [1.29, 1.82) is 0 Å². The zero-order valence-corrected chi connectivity index (χ0v) is 23.0. The number of ether oxygens (including phenoxy) is 3. The summed E-state index contributed by atoms with van der Waals surface area (Å²) in [5.74, 6) is 0.337. The van der Waals surface area contributed by atoms with E-state index < -0.39 is 36.1 Å². The number of fused-ring (bicyclic) bond motifs is 5. The Labute approximate surface area is 225 Å². The van der Waals surface area contributed by atoms with Crippen molar-refractivity contribution >= 4 is 5.97 Å². The Bertz CT molecular complexity index is 1010. The summed E-state index contributed by atoms with van der Waals surface area (Å²) < 4.78 is 16.5. The van der Waals surface area contributed by atoms with E-state index in [9.17, 15) is 20.1 Å². The van der Waals surface area contributed by atoms with Crippen LogP contribution in [0.25, 0.3) is 0 Å². The van der Waals surface area contributed by atoms with Crippen LogP contribution in [0.5, 0.6) is 0 Å². The van der Waals surface area contributed by atoms with E-state index in [1.54, 1.807) is 6.08 Å². The van der Waals surface area contributed by atoms with E-state index in [0.29, 0.717) is 5.92 Å². The number of hydrogen-bond acceptors (Lipinski definition) is 8. The minimum absolute atomic E-state index is 0.00632. The molecule has 38 heavy (non-hydrogen) atoms. The van der Waals surface area contributed by atoms with Crippen molar-refractivity contribution in [3.8, 4) is 0 Å². The molecule has 5 rings (SSSR count). The van der Waals surface area contributed by atoms with Crippen LogP contribution in [0.15, 0.2) is 36.0 Å². The Morgan fingerprint density at radius 1 is 1.11 bits per heavy atom. The summed E-state index contributed by atoms with van der Waals surface area (Å²) in [4.78, 5) is 11.6. The van der Waals surface area contributed by atoms with Crippen LogP contribution in [0.3, 0.4) is 0 Å². The lowest BCUT2D eigenvalue weighted by molar-refractivity contribution is -0.259. The Morgan fingerprint density at radius 2 is 1.87 bits per heavy atom. The molecule has 5 N–H and O–H groups in total. The molecule has 8 nitrogen and oxygen atoms in total. The summed E-state index contributed by atoms with van der Waals surface area (Å²) >= 11 is 0. The monoisotopic (exact) mass is 531 g/mol. The number of carbonyl (C=O) groups excluding carboxylic acids is 1. The van der Waals surface area contributed by atoms with Crippen LogP contribution in [0.1, 0.15) is 65.2 Å². The average molecular weight is 532 g/mol. The summed E-state index contributed by atoms with van der Waals surface area (Å²) in [5, 5.41) is 32.9. The van der Waals surface area contributed by atoms with Crippen molar-refractivity contribution < 1.29 is 34.3 Å². The van der Waals surface area contributed by atoms with Crippen LogP contribution in [0.4, 0.5) is 0 Å². The molecular weight excluding hydrogens is 486 g/mol. The molecule has 4 aliphatic carbocycles. The Hall–Kier alpha value is -1.55. The van der Waals surface area contributed by atoms with Gasteiger partial charge in [-0.25, -0.2) is 4.79 Å². The quantitative estimate of drug-likeness (QED) is 0.184. The number of aliphatic hydroxyl groups is 3. The van der Waals surface area contributed by atoms with Gasteiger partial charge in [0.1, 0.15) is 12.2 Å². The molecule has 0 aromatic rings. The fourth-order valence-corrected chi connectivity index (χ4v) is 8.84. The van der Waals surface area contributed by atoms with E-state index in [2.05, 4.69) is 26.5 Å². The van der Waals surface area contributed by atoms with Crippen LogP contribution in [0, 0.1) is 28.6 Å². The highest BCUT2D eigenvalue weighted by atomic mass is 16.7. The highest BCUT2D eigenvalue weighted by Gasteiger charge is 2.66. The van der Waals surface area contributed by atoms with Gasteiger partial charge in [-0.05, 0) is 74.5 Å². The minimum Gasteiger partial charge on any atom is -0.466 e. The van der Waals surface area contributed by atoms with Crippen LogP contribution >= 0.6 is 0 Å². The number of rotatable bonds is 5. The number of esters is 1. The van der Waals surface area contributed by atoms with Gasteiger partial charge in [0.15, 0.2) is 6.29 Å². The molecule has 4 fully saturated rings. The largest absolute Gasteiger partial charge is 0.466 e. The fourth-order valence-electron chi connectivity index (χ4n) is 8.84. The number of methoxy groups -OCH3 is 1. The average Bonchev–Trinajstić information content (AvgIpc) is 3.18. The molecule has 11 unspecified atom stereocenters. The number of carbonyl (C=O) groups is 1. The first kappa shape index (κ1) is 28.0. The first-order chi connectivity index (χ1) is 17.9. The van der Waals surface area contributed by atoms with Crippen molar-refractivity contribution in [2.75, 3.05) is 13.7 Å². The predicted octanol–water partition coefficient (Wildman–Crippen LogP) is 2.76. The lowest BCUT2D eigenvalue weighted by Gasteiger charge is -2.62. The van der Waals surface area contributed by atoms with Gasteiger partial charge in [-0.2, -0.15) is 0 Å². The lowest BCUT2D eigenvalue weighted by atomic mass is 9.45. The molecule has 8 heteroatoms. The summed E-state index contributed by atoms with van der Waals surface area (Å²) in [6.45, 7) is 9.02. The van der Waals surface area contributed by atoms with Crippen molar-refractivity contribution in [2.24, 2.45) is 34.3 Å². The van der Waals surface area contributed by atoms with Crippen LogP contribution < -0.4 is 5.73 Å². The van der Waals surface area contributed by atoms with E-state index >= 15 is 0 Å². The van der Waals surface area contributed by atoms with E-state index in [1.165, 1.54) is 18.8 Å². The lowest BCUT2D eigenvalue weighted by Crippen LogP contribution is -2.61. The zero-order valence-electron chi connectivity index (χ0n) is 23.0. The van der Waals surface area contributed by atoms with Gasteiger partial charge in [0.25, 0.3) is 0 Å². The van der Waals surface area contributed by atoms with Gasteiger partial charge in [0.05, 0.1) is 31.5 Å². The van der Waals surface area contributed by atoms with Crippen LogP contribution in [-0.4, -0.2) is 71.3 Å². The minimum atomic E-state index is -1.17. The Morgan fingerprint density at radius 3 is 2.61 bits per heavy atom. The molecule has 0 spiro atoms. The van der Waals surface area contributed by atoms with Crippen molar-refractivity contribution in [3.05, 3.63) is 36.0 Å². The summed E-state index contributed by atoms with van der Waals surface area (Å²) in [7, 11) is 1.37. The predicted molar refractivity (Wildman–Crippen MR) is 142 cm³/mol. The third-order valence-corrected chi connectivity index (χ3v) is 11.2. The zero-order chi connectivity index (χ0) is 27.5. The van der Waals surface area contributed by atoms with Gasteiger partial charge in [-0.3, -0.25) is 0 Å². The molecule has 11 atom stereocenters. The van der Waals surface area contributed by atoms with E-state index in [-0.39, 0.29) is 35.4 Å². The molecule has 0 amide bonds. The first-order valence-corrected chi connectivity index (χ1v) is 14.2. The number of nitrogens with two attached hydrogens (primary N) is 1. The van der Waals surface area contributed by atoms with Gasteiger partial charge in [0, 0.05) is 11.5 Å². The van der Waals surface area contributed by atoms with Crippen LogP contribution in [0.2, 0.25) is 0 Å². The third kappa shape index (κ3) is 4.32. The molecule has 0 aromatic carbocycles.